The Hall–Kier alpha value is -3.54. The smallest absolute Gasteiger partial charge is 0.414 e. The highest BCUT2D eigenvalue weighted by Crippen LogP contribution is 2.26. The fourth-order valence-corrected chi connectivity index (χ4v) is 3.18. The third-order valence-electron chi connectivity index (χ3n) is 4.75. The summed E-state index contributed by atoms with van der Waals surface area (Å²) in [6.45, 7) is 14.5. The van der Waals surface area contributed by atoms with Crippen LogP contribution in [0.4, 0.5) is 10.5 Å². The highest BCUT2D eigenvalue weighted by molar-refractivity contribution is 6.01. The maximum atomic E-state index is 12.2. The topological polar surface area (TPSA) is 60.4 Å². The number of carbonyl (C=O) groups excluding carboxylic acids is 1. The maximum Gasteiger partial charge on any atom is 0.414 e. The van der Waals surface area contributed by atoms with Gasteiger partial charge in [0, 0.05) is 17.7 Å². The Morgan fingerprint density at radius 2 is 1.91 bits per heavy atom. The van der Waals surface area contributed by atoms with E-state index in [1.54, 1.807) is 12.2 Å². The van der Waals surface area contributed by atoms with Gasteiger partial charge in [0.05, 0.1) is 18.5 Å². The molecule has 6 nitrogen and oxygen atoms in total. The molecule has 2 rings (SSSR count). The van der Waals surface area contributed by atoms with Gasteiger partial charge in [-0.25, -0.2) is 4.79 Å². The van der Waals surface area contributed by atoms with E-state index in [-0.39, 0.29) is 5.92 Å². The molecular formula is C26H32N2O4. The van der Waals surface area contributed by atoms with Gasteiger partial charge in [0.1, 0.15) is 19.0 Å². The molecule has 6 heteroatoms. The van der Waals surface area contributed by atoms with Crippen LogP contribution in [0.5, 0.6) is 5.75 Å². The third-order valence-corrected chi connectivity index (χ3v) is 4.75. The van der Waals surface area contributed by atoms with E-state index >= 15 is 0 Å². The van der Waals surface area contributed by atoms with Crippen LogP contribution in [0.25, 0.3) is 0 Å². The van der Waals surface area contributed by atoms with Gasteiger partial charge in [0.25, 0.3) is 0 Å². The first-order valence-corrected chi connectivity index (χ1v) is 10.5. The lowest BCUT2D eigenvalue weighted by Gasteiger charge is -2.23. The van der Waals surface area contributed by atoms with E-state index in [4.69, 9.17) is 14.3 Å². The first-order chi connectivity index (χ1) is 15.4. The number of hydrogen-bond acceptors (Lipinski definition) is 5. The van der Waals surface area contributed by atoms with Crippen molar-refractivity contribution in [1.82, 2.24) is 0 Å². The van der Waals surface area contributed by atoms with Crippen LogP contribution in [-0.2, 0) is 16.2 Å². The third kappa shape index (κ3) is 6.48. The number of oxime groups is 1. The van der Waals surface area contributed by atoms with Gasteiger partial charge in [-0.15, -0.1) is 6.58 Å². The average molecular weight is 437 g/mol. The number of ether oxygens (including phenoxy) is 2. The molecular weight excluding hydrogens is 404 g/mol. The van der Waals surface area contributed by atoms with Crippen LogP contribution < -0.4 is 9.64 Å². The molecule has 0 spiro atoms. The Bertz CT molecular complexity index is 966. The molecule has 0 fully saturated rings. The molecule has 0 unspecified atom stereocenters. The number of para-hydroxylation sites is 1. The summed E-state index contributed by atoms with van der Waals surface area (Å²) in [5.74, 6) is 0.957. The van der Waals surface area contributed by atoms with Gasteiger partial charge in [-0.1, -0.05) is 55.9 Å². The molecule has 0 heterocycles. The number of carbonyl (C=O) groups is 1. The van der Waals surface area contributed by atoms with Crippen molar-refractivity contribution in [2.24, 2.45) is 11.1 Å². The van der Waals surface area contributed by atoms with Crippen LogP contribution in [0, 0.1) is 12.8 Å². The van der Waals surface area contributed by atoms with Gasteiger partial charge < -0.3 is 14.3 Å². The van der Waals surface area contributed by atoms with E-state index in [9.17, 15) is 4.79 Å². The van der Waals surface area contributed by atoms with E-state index < -0.39 is 6.09 Å². The van der Waals surface area contributed by atoms with E-state index in [1.807, 2.05) is 49.4 Å². The molecule has 0 radical (unpaired) electrons. The summed E-state index contributed by atoms with van der Waals surface area (Å²) in [7, 11) is 1.36. The molecule has 32 heavy (non-hydrogen) atoms. The van der Waals surface area contributed by atoms with E-state index in [1.165, 1.54) is 12.0 Å². The molecule has 0 aliphatic heterocycles. The molecule has 0 aromatic heterocycles. The lowest BCUT2D eigenvalue weighted by Crippen LogP contribution is -2.31. The number of hydrogen-bond donors (Lipinski definition) is 0. The van der Waals surface area contributed by atoms with Gasteiger partial charge in [-0.2, -0.15) is 0 Å². The predicted octanol–water partition coefficient (Wildman–Crippen LogP) is 5.90. The molecule has 0 saturated heterocycles. The summed E-state index contributed by atoms with van der Waals surface area (Å²) in [4.78, 5) is 19.1. The maximum absolute atomic E-state index is 12.2. The second-order valence-electron chi connectivity index (χ2n) is 7.48. The van der Waals surface area contributed by atoms with Crippen molar-refractivity contribution in [2.75, 3.05) is 25.2 Å². The minimum absolute atomic E-state index is 0.201. The first-order valence-electron chi connectivity index (χ1n) is 10.5. The van der Waals surface area contributed by atoms with Gasteiger partial charge in [0.2, 0.25) is 0 Å². The van der Waals surface area contributed by atoms with Crippen molar-refractivity contribution in [3.8, 4) is 5.75 Å². The Balaban J connectivity index is 2.23. The van der Waals surface area contributed by atoms with Gasteiger partial charge in [-0.3, -0.25) is 4.90 Å². The molecule has 0 aliphatic carbocycles. The minimum atomic E-state index is -0.447. The quantitative estimate of drug-likeness (QED) is 0.191. The molecule has 0 saturated carbocycles. The lowest BCUT2D eigenvalue weighted by molar-refractivity contribution is 0.173. The zero-order valence-corrected chi connectivity index (χ0v) is 19.3. The second-order valence-corrected chi connectivity index (χ2v) is 7.48. The standard InChI is InChI=1S/C26H32N2O4/c1-7-15-28(26(29)30-6)23-12-10-9-11-22(23)18-31-24-14-13-21(17-20(24)5)25(19(3)4)27-32-16-8-2/h7-14,17,19H,1-2,15-16,18H2,3-6H3/b27-25+. The Kier molecular flexibility index (Phi) is 9.54. The zero-order valence-electron chi connectivity index (χ0n) is 19.3. The molecule has 170 valence electrons. The van der Waals surface area contributed by atoms with Crippen LogP contribution in [0.2, 0.25) is 0 Å². The Labute approximate surface area is 190 Å². The van der Waals surface area contributed by atoms with Crippen molar-refractivity contribution in [1.29, 1.82) is 0 Å². The van der Waals surface area contributed by atoms with Gasteiger partial charge in [0.15, 0.2) is 0 Å². The Morgan fingerprint density at radius 1 is 1.16 bits per heavy atom. The highest BCUT2D eigenvalue weighted by Gasteiger charge is 2.18. The molecule has 1 amide bonds. The van der Waals surface area contributed by atoms with Crippen LogP contribution >= 0.6 is 0 Å². The van der Waals surface area contributed by atoms with Crippen molar-refractivity contribution in [3.05, 3.63) is 84.5 Å². The van der Waals surface area contributed by atoms with Crippen LogP contribution in [0.1, 0.15) is 30.5 Å². The fourth-order valence-electron chi connectivity index (χ4n) is 3.18. The zero-order chi connectivity index (χ0) is 23.5. The summed E-state index contributed by atoms with van der Waals surface area (Å²) in [5.41, 5.74) is 4.42. The molecule has 0 bridgehead atoms. The summed E-state index contributed by atoms with van der Waals surface area (Å²) < 4.78 is 11.0. The highest BCUT2D eigenvalue weighted by atomic mass is 16.6. The number of nitrogens with zero attached hydrogens (tertiary/aromatic N) is 2. The molecule has 0 atom stereocenters. The van der Waals surface area contributed by atoms with Crippen LogP contribution in [0.3, 0.4) is 0 Å². The predicted molar refractivity (Wildman–Crippen MR) is 129 cm³/mol. The van der Waals surface area contributed by atoms with E-state index in [0.717, 1.165) is 33.8 Å². The largest absolute Gasteiger partial charge is 0.489 e. The summed E-state index contributed by atoms with van der Waals surface area (Å²) in [6, 6.07) is 13.5. The Morgan fingerprint density at radius 3 is 2.53 bits per heavy atom. The van der Waals surface area contributed by atoms with Crippen molar-refractivity contribution < 1.29 is 19.1 Å². The van der Waals surface area contributed by atoms with Gasteiger partial charge in [-0.05, 0) is 42.7 Å². The normalized spacial score (nSPS) is 11.1. The van der Waals surface area contributed by atoms with Crippen LogP contribution in [-0.4, -0.2) is 32.1 Å². The molecule has 0 aliphatic rings. The average Bonchev–Trinajstić information content (AvgIpc) is 2.79. The number of methoxy groups -OCH3 is 1. The number of benzene rings is 2. The van der Waals surface area contributed by atoms with Crippen LogP contribution in [0.15, 0.2) is 72.9 Å². The molecule has 2 aromatic rings. The molecule has 2 aromatic carbocycles. The van der Waals surface area contributed by atoms with Crippen molar-refractivity contribution in [3.63, 3.8) is 0 Å². The first kappa shape index (κ1) is 24.7. The molecule has 0 N–H and O–H groups in total. The fraction of sp³-hybridized carbons (Fsp3) is 0.308. The van der Waals surface area contributed by atoms with Crippen molar-refractivity contribution in [2.45, 2.75) is 27.4 Å². The summed E-state index contributed by atoms with van der Waals surface area (Å²) >= 11 is 0. The number of anilines is 1. The van der Waals surface area contributed by atoms with Gasteiger partial charge >= 0.3 is 6.09 Å². The van der Waals surface area contributed by atoms with E-state index in [0.29, 0.717) is 19.8 Å². The summed E-state index contributed by atoms with van der Waals surface area (Å²) in [6.07, 6.45) is 2.87. The van der Waals surface area contributed by atoms with E-state index in [2.05, 4.69) is 32.2 Å². The SMILES string of the molecule is C=CCO/N=C(/c1ccc(OCc2ccccc2N(CC=C)C(=O)OC)c(C)c1)C(C)C. The summed E-state index contributed by atoms with van der Waals surface area (Å²) in [5, 5.41) is 4.27. The lowest BCUT2D eigenvalue weighted by atomic mass is 9.98. The number of rotatable bonds is 11. The monoisotopic (exact) mass is 436 g/mol. The van der Waals surface area contributed by atoms with Crippen molar-refractivity contribution >= 4 is 17.5 Å². The second kappa shape index (κ2) is 12.3. The number of aryl methyl sites for hydroxylation is 1. The minimum Gasteiger partial charge on any atom is -0.489 e. The number of amides is 1.